The van der Waals surface area contributed by atoms with Crippen molar-refractivity contribution in [3.05, 3.63) is 29.8 Å². The summed E-state index contributed by atoms with van der Waals surface area (Å²) in [6.45, 7) is 8.15. The fourth-order valence-electron chi connectivity index (χ4n) is 3.15. The van der Waals surface area contributed by atoms with Gasteiger partial charge in [-0.05, 0) is 44.5 Å². The van der Waals surface area contributed by atoms with Crippen molar-refractivity contribution in [1.29, 1.82) is 0 Å². The number of aliphatic imine (C=N–C) groups is 1. The predicted molar refractivity (Wildman–Crippen MR) is 129 cm³/mol. The van der Waals surface area contributed by atoms with Gasteiger partial charge in [0.25, 0.3) is 0 Å². The molecule has 0 atom stereocenters. The van der Waals surface area contributed by atoms with Crippen molar-refractivity contribution in [1.82, 2.24) is 15.5 Å². The van der Waals surface area contributed by atoms with E-state index in [1.54, 1.807) is 7.05 Å². The Morgan fingerprint density at radius 1 is 1.24 bits per heavy atom. The molecule has 1 heterocycles. The van der Waals surface area contributed by atoms with E-state index in [2.05, 4.69) is 39.7 Å². The van der Waals surface area contributed by atoms with Gasteiger partial charge in [-0.1, -0.05) is 12.1 Å². The van der Waals surface area contributed by atoms with E-state index in [4.69, 9.17) is 14.2 Å². The third kappa shape index (κ3) is 10.5. The van der Waals surface area contributed by atoms with E-state index in [1.165, 1.54) is 0 Å². The Bertz CT molecular complexity index is 583. The van der Waals surface area contributed by atoms with Crippen molar-refractivity contribution < 1.29 is 14.2 Å². The molecule has 0 unspecified atom stereocenters. The van der Waals surface area contributed by atoms with E-state index in [1.807, 2.05) is 19.1 Å². The van der Waals surface area contributed by atoms with Crippen molar-refractivity contribution in [2.45, 2.75) is 32.4 Å². The molecular formula is C21H37IN4O3. The molecule has 8 heteroatoms. The molecule has 1 saturated heterocycles. The maximum atomic E-state index is 5.97. The third-order valence-corrected chi connectivity index (χ3v) is 4.85. The predicted octanol–water partition coefficient (Wildman–Crippen LogP) is 2.50. The second-order valence-corrected chi connectivity index (χ2v) is 6.87. The number of likely N-dealkylation sites (N-methyl/N-ethyl adjacent to an activating group) is 1. The van der Waals surface area contributed by atoms with Crippen LogP contribution in [0.3, 0.4) is 0 Å². The van der Waals surface area contributed by atoms with Crippen LogP contribution >= 0.6 is 24.0 Å². The smallest absolute Gasteiger partial charge is 0.191 e. The second kappa shape index (κ2) is 15.7. The van der Waals surface area contributed by atoms with Crippen LogP contribution in [0.25, 0.3) is 0 Å². The molecule has 1 aromatic rings. The Morgan fingerprint density at radius 2 is 2.03 bits per heavy atom. The van der Waals surface area contributed by atoms with Crippen molar-refractivity contribution in [3.8, 4) is 5.75 Å². The molecule has 0 aromatic heterocycles. The quantitative estimate of drug-likeness (QED) is 0.202. The van der Waals surface area contributed by atoms with Crippen molar-refractivity contribution in [3.63, 3.8) is 0 Å². The Balaban J connectivity index is 0.00000420. The van der Waals surface area contributed by atoms with Crippen LogP contribution in [0.15, 0.2) is 29.3 Å². The van der Waals surface area contributed by atoms with Crippen LogP contribution in [0, 0.1) is 0 Å². The van der Waals surface area contributed by atoms with Crippen LogP contribution in [0.4, 0.5) is 0 Å². The number of hydrogen-bond donors (Lipinski definition) is 2. The number of nitrogens with one attached hydrogen (secondary N) is 2. The Hall–Kier alpha value is -1.10. The largest absolute Gasteiger partial charge is 0.492 e. The van der Waals surface area contributed by atoms with Crippen LogP contribution in [-0.2, 0) is 16.0 Å². The molecule has 0 radical (unpaired) electrons. The van der Waals surface area contributed by atoms with Gasteiger partial charge in [-0.25, -0.2) is 0 Å². The van der Waals surface area contributed by atoms with E-state index in [0.29, 0.717) is 25.8 Å². The Labute approximate surface area is 192 Å². The van der Waals surface area contributed by atoms with Gasteiger partial charge in [0, 0.05) is 52.5 Å². The third-order valence-electron chi connectivity index (χ3n) is 4.85. The van der Waals surface area contributed by atoms with E-state index >= 15 is 0 Å². The van der Waals surface area contributed by atoms with Gasteiger partial charge in [-0.2, -0.15) is 0 Å². The monoisotopic (exact) mass is 520 g/mol. The zero-order valence-corrected chi connectivity index (χ0v) is 20.3. The molecule has 1 aromatic carbocycles. The molecule has 7 nitrogen and oxygen atoms in total. The first kappa shape index (κ1) is 25.9. The first-order chi connectivity index (χ1) is 13.7. The summed E-state index contributed by atoms with van der Waals surface area (Å²) in [6, 6.07) is 8.80. The van der Waals surface area contributed by atoms with Crippen LogP contribution < -0.4 is 15.4 Å². The Kier molecular flexibility index (Phi) is 14.0. The summed E-state index contributed by atoms with van der Waals surface area (Å²) in [4.78, 5) is 6.61. The number of benzene rings is 1. The van der Waals surface area contributed by atoms with Crippen LogP contribution in [0.5, 0.6) is 5.75 Å². The van der Waals surface area contributed by atoms with Crippen LogP contribution in [0.2, 0.25) is 0 Å². The molecular weight excluding hydrogens is 483 g/mol. The minimum absolute atomic E-state index is 0. The molecule has 1 fully saturated rings. The average Bonchev–Trinajstić information content (AvgIpc) is 2.74. The van der Waals surface area contributed by atoms with Gasteiger partial charge in [0.2, 0.25) is 0 Å². The number of guanidine groups is 1. The van der Waals surface area contributed by atoms with E-state index in [9.17, 15) is 0 Å². The highest BCUT2D eigenvalue weighted by Gasteiger charge is 2.17. The minimum atomic E-state index is 0. The number of nitrogens with zero attached hydrogens (tertiary/aromatic N) is 2. The summed E-state index contributed by atoms with van der Waals surface area (Å²) < 4.78 is 16.7. The topological polar surface area (TPSA) is 67.3 Å². The van der Waals surface area contributed by atoms with E-state index in [0.717, 1.165) is 63.0 Å². The van der Waals surface area contributed by atoms with Gasteiger partial charge < -0.3 is 24.8 Å². The molecule has 0 aliphatic carbocycles. The zero-order valence-electron chi connectivity index (χ0n) is 18.0. The lowest BCUT2D eigenvalue weighted by atomic mass is 10.1. The number of hydrogen-bond acceptors (Lipinski definition) is 5. The minimum Gasteiger partial charge on any atom is -0.492 e. The lowest BCUT2D eigenvalue weighted by Gasteiger charge is -2.31. The average molecular weight is 520 g/mol. The van der Waals surface area contributed by atoms with Gasteiger partial charge in [0.15, 0.2) is 5.96 Å². The first-order valence-corrected chi connectivity index (χ1v) is 10.2. The van der Waals surface area contributed by atoms with Crippen molar-refractivity contribution in [2.24, 2.45) is 4.99 Å². The highest BCUT2D eigenvalue weighted by atomic mass is 127. The maximum absolute atomic E-state index is 5.97. The SMILES string of the molecule is CCOCCNC(=NC)NCc1cccc(OCCN(C)C2CCOCC2)c1.I. The normalized spacial score (nSPS) is 15.1. The molecule has 0 saturated carbocycles. The van der Waals surface area contributed by atoms with Gasteiger partial charge in [-0.15, -0.1) is 24.0 Å². The molecule has 0 bridgehead atoms. The van der Waals surface area contributed by atoms with Crippen LogP contribution in [-0.4, -0.2) is 77.1 Å². The summed E-state index contributed by atoms with van der Waals surface area (Å²) in [7, 11) is 3.94. The second-order valence-electron chi connectivity index (χ2n) is 6.87. The fourth-order valence-corrected chi connectivity index (χ4v) is 3.15. The number of halogens is 1. The first-order valence-electron chi connectivity index (χ1n) is 10.2. The molecule has 29 heavy (non-hydrogen) atoms. The van der Waals surface area contributed by atoms with Crippen molar-refractivity contribution >= 4 is 29.9 Å². The highest BCUT2D eigenvalue weighted by molar-refractivity contribution is 14.0. The molecule has 0 amide bonds. The zero-order chi connectivity index (χ0) is 20.0. The highest BCUT2D eigenvalue weighted by Crippen LogP contribution is 2.15. The van der Waals surface area contributed by atoms with Crippen LogP contribution in [0.1, 0.15) is 25.3 Å². The Morgan fingerprint density at radius 3 is 2.76 bits per heavy atom. The summed E-state index contributed by atoms with van der Waals surface area (Å²) in [5.74, 6) is 1.67. The van der Waals surface area contributed by atoms with Crippen molar-refractivity contribution in [2.75, 3.05) is 60.2 Å². The molecule has 2 rings (SSSR count). The molecule has 1 aliphatic rings. The van der Waals surface area contributed by atoms with E-state index in [-0.39, 0.29) is 24.0 Å². The summed E-state index contributed by atoms with van der Waals surface area (Å²) in [5, 5.41) is 6.55. The fraction of sp³-hybridized carbons (Fsp3) is 0.667. The standard InChI is InChI=1S/C21H36N4O3.HI/c1-4-26-14-10-23-21(22-2)24-17-18-6-5-7-20(16-18)28-15-11-25(3)19-8-12-27-13-9-19;/h5-7,16,19H,4,8-15,17H2,1-3H3,(H2,22,23,24);1H. The molecule has 1 aliphatic heterocycles. The van der Waals surface area contributed by atoms with Gasteiger partial charge in [0.05, 0.1) is 6.61 Å². The molecule has 166 valence electrons. The molecule has 2 N–H and O–H groups in total. The lowest BCUT2D eigenvalue weighted by molar-refractivity contribution is 0.0392. The van der Waals surface area contributed by atoms with E-state index < -0.39 is 0 Å². The number of rotatable bonds is 11. The van der Waals surface area contributed by atoms with Gasteiger partial charge >= 0.3 is 0 Å². The summed E-state index contributed by atoms with van der Waals surface area (Å²) in [5.41, 5.74) is 1.16. The number of ether oxygens (including phenoxy) is 3. The van der Waals surface area contributed by atoms with Gasteiger partial charge in [-0.3, -0.25) is 9.89 Å². The molecule has 0 spiro atoms. The maximum Gasteiger partial charge on any atom is 0.191 e. The van der Waals surface area contributed by atoms with Gasteiger partial charge in [0.1, 0.15) is 12.4 Å². The summed E-state index contributed by atoms with van der Waals surface area (Å²) in [6.07, 6.45) is 2.22. The lowest BCUT2D eigenvalue weighted by Crippen LogP contribution is -2.38. The summed E-state index contributed by atoms with van der Waals surface area (Å²) >= 11 is 0.